The highest BCUT2D eigenvalue weighted by Gasteiger charge is 2.50. The van der Waals surface area contributed by atoms with Gasteiger partial charge in [0.2, 0.25) is 17.7 Å². The Kier molecular flexibility index (Phi) is 6.07. The van der Waals surface area contributed by atoms with Crippen LogP contribution in [0.1, 0.15) is 11.1 Å². The van der Waals surface area contributed by atoms with E-state index in [1.54, 1.807) is 24.3 Å². The van der Waals surface area contributed by atoms with Crippen molar-refractivity contribution in [2.75, 3.05) is 19.6 Å². The second-order valence-corrected chi connectivity index (χ2v) is 7.14. The van der Waals surface area contributed by atoms with Crippen molar-refractivity contribution in [1.82, 2.24) is 10.2 Å². The van der Waals surface area contributed by atoms with Crippen LogP contribution in [-0.2, 0) is 20.8 Å². The molecule has 0 unspecified atom stereocenters. The highest BCUT2D eigenvalue weighted by atomic mass is 19.1. The van der Waals surface area contributed by atoms with Gasteiger partial charge < -0.3 is 16.0 Å². The van der Waals surface area contributed by atoms with Crippen LogP contribution in [0.5, 0.6) is 0 Å². The van der Waals surface area contributed by atoms with Gasteiger partial charge in [0.25, 0.3) is 0 Å². The van der Waals surface area contributed by atoms with Crippen LogP contribution in [-0.4, -0.2) is 42.3 Å². The first-order chi connectivity index (χ1) is 13.9. The van der Waals surface area contributed by atoms with Gasteiger partial charge in [-0.2, -0.15) is 0 Å². The number of nitrogens with two attached hydrogens (primary N) is 1. The van der Waals surface area contributed by atoms with Crippen LogP contribution in [0, 0.1) is 11.2 Å². The topological polar surface area (TPSA) is 92.5 Å². The molecule has 2 aromatic rings. The molecule has 0 radical (unpaired) electrons. The van der Waals surface area contributed by atoms with Crippen LogP contribution in [0.2, 0.25) is 0 Å². The van der Waals surface area contributed by atoms with Gasteiger partial charge in [0.1, 0.15) is 5.82 Å². The second kappa shape index (κ2) is 8.68. The SMILES string of the molecule is NC(=O)CNC(=O)C1(Cc2ccccc2F)CN(C(=O)C=Cc2ccccc2)C1. The quantitative estimate of drug-likeness (QED) is 0.696. The van der Waals surface area contributed by atoms with Crippen LogP contribution in [0.15, 0.2) is 60.7 Å². The molecule has 0 saturated carbocycles. The minimum absolute atomic E-state index is 0.121. The maximum Gasteiger partial charge on any atom is 0.246 e. The summed E-state index contributed by atoms with van der Waals surface area (Å²) in [5.74, 6) is -1.74. The standard InChI is InChI=1S/C22H22FN3O3/c23-18-9-5-4-8-17(18)12-22(21(29)25-13-19(24)27)14-26(15-22)20(28)11-10-16-6-2-1-3-7-16/h1-11H,12-15H2,(H2,24,27)(H,25,29). The van der Waals surface area contributed by atoms with E-state index in [-0.39, 0.29) is 32.0 Å². The van der Waals surface area contributed by atoms with Crippen molar-refractivity contribution < 1.29 is 18.8 Å². The molecule has 6 nitrogen and oxygen atoms in total. The molecular formula is C22H22FN3O3. The molecule has 1 aliphatic heterocycles. The van der Waals surface area contributed by atoms with Crippen molar-refractivity contribution in [2.24, 2.45) is 11.1 Å². The summed E-state index contributed by atoms with van der Waals surface area (Å²) in [5.41, 5.74) is 5.37. The number of nitrogens with one attached hydrogen (secondary N) is 1. The van der Waals surface area contributed by atoms with Crippen molar-refractivity contribution >= 4 is 23.8 Å². The van der Waals surface area contributed by atoms with Crippen molar-refractivity contribution in [1.29, 1.82) is 0 Å². The third-order valence-corrected chi connectivity index (χ3v) is 4.91. The van der Waals surface area contributed by atoms with Crippen molar-refractivity contribution in [3.05, 3.63) is 77.6 Å². The van der Waals surface area contributed by atoms with Crippen LogP contribution < -0.4 is 11.1 Å². The average Bonchev–Trinajstić information content (AvgIpc) is 2.69. The van der Waals surface area contributed by atoms with E-state index in [4.69, 9.17) is 5.73 Å². The average molecular weight is 395 g/mol. The zero-order chi connectivity index (χ0) is 20.9. The van der Waals surface area contributed by atoms with Gasteiger partial charge in [0.15, 0.2) is 0 Å². The molecule has 1 saturated heterocycles. The zero-order valence-corrected chi connectivity index (χ0v) is 15.8. The number of benzene rings is 2. The number of hydrogen-bond acceptors (Lipinski definition) is 3. The van der Waals surface area contributed by atoms with Gasteiger partial charge in [-0.1, -0.05) is 48.5 Å². The molecule has 2 aromatic carbocycles. The molecule has 1 aliphatic rings. The lowest BCUT2D eigenvalue weighted by molar-refractivity contribution is -0.151. The van der Waals surface area contributed by atoms with Gasteiger partial charge in [0, 0.05) is 19.2 Å². The molecule has 3 rings (SSSR count). The summed E-state index contributed by atoms with van der Waals surface area (Å²) in [5, 5.41) is 2.49. The summed E-state index contributed by atoms with van der Waals surface area (Å²) < 4.78 is 14.1. The fourth-order valence-electron chi connectivity index (χ4n) is 3.37. The van der Waals surface area contributed by atoms with Crippen LogP contribution in [0.3, 0.4) is 0 Å². The first-order valence-corrected chi connectivity index (χ1v) is 9.22. The third kappa shape index (κ3) is 4.87. The molecule has 1 heterocycles. The Hall–Kier alpha value is -3.48. The van der Waals surface area contributed by atoms with E-state index in [2.05, 4.69) is 5.32 Å². The van der Waals surface area contributed by atoms with E-state index < -0.39 is 23.0 Å². The molecule has 29 heavy (non-hydrogen) atoms. The highest BCUT2D eigenvalue weighted by Crippen LogP contribution is 2.35. The van der Waals surface area contributed by atoms with Gasteiger partial charge in [-0.3, -0.25) is 14.4 Å². The number of likely N-dealkylation sites (tertiary alicyclic amines) is 1. The number of halogens is 1. The predicted molar refractivity (Wildman–Crippen MR) is 107 cm³/mol. The van der Waals surface area contributed by atoms with E-state index >= 15 is 0 Å². The maximum atomic E-state index is 14.1. The fourth-order valence-corrected chi connectivity index (χ4v) is 3.37. The number of carbonyl (C=O) groups is 3. The summed E-state index contributed by atoms with van der Waals surface area (Å²) in [7, 11) is 0. The van der Waals surface area contributed by atoms with Gasteiger partial charge in [0.05, 0.1) is 12.0 Å². The molecule has 7 heteroatoms. The zero-order valence-electron chi connectivity index (χ0n) is 15.8. The number of amides is 3. The van der Waals surface area contributed by atoms with E-state index in [9.17, 15) is 18.8 Å². The van der Waals surface area contributed by atoms with Gasteiger partial charge in [-0.15, -0.1) is 0 Å². The van der Waals surface area contributed by atoms with Crippen molar-refractivity contribution in [2.45, 2.75) is 6.42 Å². The Balaban J connectivity index is 1.72. The van der Waals surface area contributed by atoms with E-state index in [1.165, 1.54) is 17.0 Å². The number of hydrogen-bond donors (Lipinski definition) is 2. The maximum absolute atomic E-state index is 14.1. The molecule has 3 N–H and O–H groups in total. The first-order valence-electron chi connectivity index (χ1n) is 9.22. The lowest BCUT2D eigenvalue weighted by Crippen LogP contribution is -2.65. The van der Waals surface area contributed by atoms with Gasteiger partial charge in [-0.25, -0.2) is 4.39 Å². The van der Waals surface area contributed by atoms with Crippen LogP contribution in [0.25, 0.3) is 6.08 Å². The lowest BCUT2D eigenvalue weighted by atomic mass is 9.73. The number of nitrogens with zero attached hydrogens (tertiary/aromatic N) is 1. The Labute approximate surface area is 168 Å². The highest BCUT2D eigenvalue weighted by molar-refractivity contribution is 5.95. The van der Waals surface area contributed by atoms with E-state index in [0.29, 0.717) is 5.56 Å². The van der Waals surface area contributed by atoms with Gasteiger partial charge >= 0.3 is 0 Å². The summed E-state index contributed by atoms with van der Waals surface area (Å²) in [4.78, 5) is 37.7. The number of rotatable bonds is 7. The molecule has 0 aliphatic carbocycles. The minimum Gasteiger partial charge on any atom is -0.368 e. The summed E-state index contributed by atoms with van der Waals surface area (Å²) in [6.45, 7) is -0.0481. The van der Waals surface area contributed by atoms with Gasteiger partial charge in [-0.05, 0) is 29.7 Å². The predicted octanol–water partition coefficient (Wildman–Crippen LogP) is 1.51. The van der Waals surface area contributed by atoms with Crippen LogP contribution >= 0.6 is 0 Å². The largest absolute Gasteiger partial charge is 0.368 e. The Morgan fingerprint density at radius 2 is 1.72 bits per heavy atom. The third-order valence-electron chi connectivity index (χ3n) is 4.91. The molecule has 0 spiro atoms. The molecule has 3 amide bonds. The van der Waals surface area contributed by atoms with E-state index in [0.717, 1.165) is 5.56 Å². The Morgan fingerprint density at radius 1 is 1.07 bits per heavy atom. The van der Waals surface area contributed by atoms with Crippen molar-refractivity contribution in [3.8, 4) is 0 Å². The number of carbonyl (C=O) groups excluding carboxylic acids is 3. The molecule has 0 atom stereocenters. The Bertz CT molecular complexity index is 937. The fraction of sp³-hybridized carbons (Fsp3) is 0.227. The van der Waals surface area contributed by atoms with Crippen molar-refractivity contribution in [3.63, 3.8) is 0 Å². The molecule has 0 aromatic heterocycles. The van der Waals surface area contributed by atoms with E-state index in [1.807, 2.05) is 30.3 Å². The molecule has 150 valence electrons. The monoisotopic (exact) mass is 395 g/mol. The summed E-state index contributed by atoms with van der Waals surface area (Å²) in [6.07, 6.45) is 3.27. The molecular weight excluding hydrogens is 373 g/mol. The Morgan fingerprint density at radius 3 is 2.38 bits per heavy atom. The summed E-state index contributed by atoms with van der Waals surface area (Å²) in [6, 6.07) is 15.6. The number of primary amides is 1. The second-order valence-electron chi connectivity index (χ2n) is 7.14. The van der Waals surface area contributed by atoms with Crippen LogP contribution in [0.4, 0.5) is 4.39 Å². The lowest BCUT2D eigenvalue weighted by Gasteiger charge is -2.48. The molecule has 0 bridgehead atoms. The normalized spacial score (nSPS) is 15.0. The first kappa shape index (κ1) is 20.3. The smallest absolute Gasteiger partial charge is 0.246 e. The minimum atomic E-state index is -1.01. The summed E-state index contributed by atoms with van der Waals surface area (Å²) >= 11 is 0. The molecule has 1 fully saturated rings.